The van der Waals surface area contributed by atoms with Crippen LogP contribution in [0.3, 0.4) is 0 Å². The molecule has 0 saturated carbocycles. The van der Waals surface area contributed by atoms with Crippen LogP contribution in [-0.2, 0) is 10.0 Å². The van der Waals surface area contributed by atoms with E-state index in [1.165, 1.54) is 24.3 Å². The molecule has 0 heterocycles. The molecule has 0 aliphatic rings. The van der Waals surface area contributed by atoms with E-state index in [1.807, 2.05) is 0 Å². The molecule has 29 heavy (non-hydrogen) atoms. The Hall–Kier alpha value is -2.42. The molecule has 3 aromatic carbocycles. The molecule has 0 saturated heterocycles. The van der Waals surface area contributed by atoms with Crippen molar-refractivity contribution in [3.63, 3.8) is 0 Å². The third-order valence-corrected chi connectivity index (χ3v) is 6.44. The van der Waals surface area contributed by atoms with Crippen molar-refractivity contribution >= 4 is 54.8 Å². The van der Waals surface area contributed by atoms with E-state index < -0.39 is 21.7 Å². The summed E-state index contributed by atoms with van der Waals surface area (Å²) in [5.74, 6) is -1.14. The van der Waals surface area contributed by atoms with Gasteiger partial charge >= 0.3 is 0 Å². The van der Waals surface area contributed by atoms with Crippen LogP contribution in [0, 0.1) is 12.7 Å². The summed E-state index contributed by atoms with van der Waals surface area (Å²) in [7, 11) is -3.93. The quantitative estimate of drug-likeness (QED) is 0.481. The van der Waals surface area contributed by atoms with E-state index in [9.17, 15) is 17.6 Å². The SMILES string of the molecule is Cc1ccc(NC(=O)c2cc(F)ccc2Br)cc1S(=O)(=O)Nc1cccc(Cl)c1. The van der Waals surface area contributed by atoms with Gasteiger partial charge in [-0.25, -0.2) is 12.8 Å². The van der Waals surface area contributed by atoms with E-state index in [4.69, 9.17) is 11.6 Å². The highest BCUT2D eigenvalue weighted by atomic mass is 79.9. The number of benzene rings is 3. The Morgan fingerprint density at radius 2 is 1.79 bits per heavy atom. The number of carbonyl (C=O) groups excluding carboxylic acids is 1. The number of aryl methyl sites for hydroxylation is 1. The van der Waals surface area contributed by atoms with Gasteiger partial charge in [-0.3, -0.25) is 9.52 Å². The lowest BCUT2D eigenvalue weighted by Crippen LogP contribution is -2.16. The zero-order valence-corrected chi connectivity index (χ0v) is 18.2. The van der Waals surface area contributed by atoms with Crippen LogP contribution in [0.5, 0.6) is 0 Å². The molecule has 0 aliphatic carbocycles. The van der Waals surface area contributed by atoms with E-state index in [0.717, 1.165) is 6.07 Å². The summed E-state index contributed by atoms with van der Waals surface area (Å²) in [5.41, 5.74) is 1.15. The highest BCUT2D eigenvalue weighted by Crippen LogP contribution is 2.25. The van der Waals surface area contributed by atoms with Crippen molar-refractivity contribution in [3.8, 4) is 0 Å². The lowest BCUT2D eigenvalue weighted by Gasteiger charge is -2.13. The molecule has 9 heteroatoms. The van der Waals surface area contributed by atoms with Crippen LogP contribution in [0.2, 0.25) is 5.02 Å². The van der Waals surface area contributed by atoms with E-state index in [0.29, 0.717) is 20.7 Å². The molecule has 5 nitrogen and oxygen atoms in total. The normalized spacial score (nSPS) is 11.2. The number of hydrogen-bond acceptors (Lipinski definition) is 3. The maximum absolute atomic E-state index is 13.5. The molecule has 0 aliphatic heterocycles. The molecule has 3 rings (SSSR count). The monoisotopic (exact) mass is 496 g/mol. The molecule has 0 atom stereocenters. The molecule has 0 spiro atoms. The highest BCUT2D eigenvalue weighted by Gasteiger charge is 2.19. The first-order valence-electron chi connectivity index (χ1n) is 8.31. The number of rotatable bonds is 5. The Balaban J connectivity index is 1.89. The molecule has 3 aromatic rings. The third kappa shape index (κ3) is 5.14. The van der Waals surface area contributed by atoms with Crippen LogP contribution >= 0.6 is 27.5 Å². The maximum atomic E-state index is 13.5. The second kappa shape index (κ2) is 8.52. The van der Waals surface area contributed by atoms with Gasteiger partial charge < -0.3 is 5.32 Å². The number of halogens is 3. The van der Waals surface area contributed by atoms with Gasteiger partial charge in [0.25, 0.3) is 15.9 Å². The number of amides is 1. The molecule has 0 aromatic heterocycles. The molecular formula is C20H15BrClFN2O3S. The molecule has 0 radical (unpaired) electrons. The Kier molecular flexibility index (Phi) is 6.26. The first-order valence-corrected chi connectivity index (χ1v) is 11.0. The average molecular weight is 498 g/mol. The van der Waals surface area contributed by atoms with Gasteiger partial charge in [-0.2, -0.15) is 0 Å². The van der Waals surface area contributed by atoms with Gasteiger partial charge in [0.1, 0.15) is 5.82 Å². The van der Waals surface area contributed by atoms with Crippen LogP contribution in [0.1, 0.15) is 15.9 Å². The van der Waals surface area contributed by atoms with Gasteiger partial charge in [0.15, 0.2) is 0 Å². The molecule has 150 valence electrons. The van der Waals surface area contributed by atoms with Crippen LogP contribution in [0.25, 0.3) is 0 Å². The van der Waals surface area contributed by atoms with E-state index >= 15 is 0 Å². The third-order valence-electron chi connectivity index (χ3n) is 3.99. The van der Waals surface area contributed by atoms with Crippen LogP contribution in [-0.4, -0.2) is 14.3 Å². The maximum Gasteiger partial charge on any atom is 0.262 e. The molecule has 0 bridgehead atoms. The lowest BCUT2D eigenvalue weighted by molar-refractivity contribution is 0.102. The molecular weight excluding hydrogens is 483 g/mol. The Labute approximate surface area is 181 Å². The predicted molar refractivity (Wildman–Crippen MR) is 115 cm³/mol. The van der Waals surface area contributed by atoms with Crippen molar-refractivity contribution in [1.29, 1.82) is 0 Å². The lowest BCUT2D eigenvalue weighted by atomic mass is 10.2. The summed E-state index contributed by atoms with van der Waals surface area (Å²) in [6.45, 7) is 1.64. The molecule has 2 N–H and O–H groups in total. The summed E-state index contributed by atoms with van der Waals surface area (Å²) in [6, 6.07) is 14.5. The summed E-state index contributed by atoms with van der Waals surface area (Å²) in [4.78, 5) is 12.5. The first kappa shape index (κ1) is 21.3. The van der Waals surface area contributed by atoms with Gasteiger partial charge in [0.2, 0.25) is 0 Å². The minimum atomic E-state index is -3.93. The van der Waals surface area contributed by atoms with Crippen molar-refractivity contribution in [2.45, 2.75) is 11.8 Å². The van der Waals surface area contributed by atoms with Crippen molar-refractivity contribution in [2.24, 2.45) is 0 Å². The fourth-order valence-electron chi connectivity index (χ4n) is 2.60. The fraction of sp³-hybridized carbons (Fsp3) is 0.0500. The van der Waals surface area contributed by atoms with Gasteiger partial charge in [0.05, 0.1) is 16.1 Å². The largest absolute Gasteiger partial charge is 0.322 e. The predicted octanol–water partition coefficient (Wildman–Crippen LogP) is 5.60. The summed E-state index contributed by atoms with van der Waals surface area (Å²) >= 11 is 9.10. The number of carbonyl (C=O) groups is 1. The van der Waals surface area contributed by atoms with Crippen molar-refractivity contribution in [2.75, 3.05) is 10.0 Å². The summed E-state index contributed by atoms with van der Waals surface area (Å²) in [5, 5.41) is 2.98. The minimum absolute atomic E-state index is 0.00594. The first-order chi connectivity index (χ1) is 13.7. The van der Waals surface area contributed by atoms with Gasteiger partial charge in [-0.1, -0.05) is 23.7 Å². The van der Waals surface area contributed by atoms with E-state index in [2.05, 4.69) is 26.0 Å². The highest BCUT2D eigenvalue weighted by molar-refractivity contribution is 9.10. The fourth-order valence-corrected chi connectivity index (χ4v) is 4.54. The number of anilines is 2. The zero-order chi connectivity index (χ0) is 21.2. The van der Waals surface area contributed by atoms with Crippen molar-refractivity contribution in [3.05, 3.63) is 87.1 Å². The Bertz CT molecular complexity index is 1200. The summed E-state index contributed by atoms with van der Waals surface area (Å²) < 4.78 is 42.0. The van der Waals surface area contributed by atoms with Gasteiger partial charge in [-0.05, 0) is 76.9 Å². The minimum Gasteiger partial charge on any atom is -0.322 e. The molecule has 1 amide bonds. The standard InChI is InChI=1S/C20H15BrClFN2O3S/c1-12-5-7-15(24-20(26)17-10-14(23)6-8-18(17)21)11-19(12)29(27,28)25-16-4-2-3-13(22)9-16/h2-11,25H,1H3,(H,24,26). The topological polar surface area (TPSA) is 75.3 Å². The van der Waals surface area contributed by atoms with Crippen molar-refractivity contribution in [1.82, 2.24) is 0 Å². The zero-order valence-electron chi connectivity index (χ0n) is 15.0. The number of sulfonamides is 1. The van der Waals surface area contributed by atoms with Crippen molar-refractivity contribution < 1.29 is 17.6 Å². The smallest absolute Gasteiger partial charge is 0.262 e. The van der Waals surface area contributed by atoms with E-state index in [1.54, 1.807) is 37.3 Å². The van der Waals surface area contributed by atoms with Gasteiger partial charge in [0, 0.05) is 15.2 Å². The Morgan fingerprint density at radius 3 is 2.52 bits per heavy atom. The summed E-state index contributed by atoms with van der Waals surface area (Å²) in [6.07, 6.45) is 0. The second-order valence-electron chi connectivity index (χ2n) is 6.17. The van der Waals surface area contributed by atoms with Crippen LogP contribution in [0.4, 0.5) is 15.8 Å². The number of hydrogen-bond donors (Lipinski definition) is 2. The van der Waals surface area contributed by atoms with Crippen LogP contribution < -0.4 is 10.0 Å². The molecule has 0 unspecified atom stereocenters. The second-order valence-corrected chi connectivity index (χ2v) is 9.12. The number of nitrogens with one attached hydrogen (secondary N) is 2. The Morgan fingerprint density at radius 1 is 1.03 bits per heavy atom. The van der Waals surface area contributed by atoms with E-state index in [-0.39, 0.29) is 16.1 Å². The average Bonchev–Trinajstić information content (AvgIpc) is 2.64. The molecule has 0 fully saturated rings. The van der Waals surface area contributed by atoms with Gasteiger partial charge in [-0.15, -0.1) is 0 Å². The van der Waals surface area contributed by atoms with Crippen LogP contribution in [0.15, 0.2) is 70.0 Å².